The van der Waals surface area contributed by atoms with E-state index in [2.05, 4.69) is 38.2 Å². The first-order valence-electron chi connectivity index (χ1n) is 7.26. The van der Waals surface area contributed by atoms with E-state index in [9.17, 15) is 0 Å². The maximum Gasteiger partial charge on any atom is 0.228 e. The van der Waals surface area contributed by atoms with E-state index in [1.807, 2.05) is 44.1 Å². The fraction of sp³-hybridized carbons (Fsp3) is 0.312. The molecule has 1 atom stereocenters. The lowest BCUT2D eigenvalue weighted by Crippen LogP contribution is -2.15. The Kier molecular flexibility index (Phi) is 3.66. The summed E-state index contributed by atoms with van der Waals surface area (Å²) in [5, 5.41) is 4.44. The third-order valence-corrected chi connectivity index (χ3v) is 3.49. The third kappa shape index (κ3) is 2.72. The molecule has 3 heterocycles. The zero-order chi connectivity index (χ0) is 15.7. The van der Waals surface area contributed by atoms with Gasteiger partial charge >= 0.3 is 0 Å². The highest BCUT2D eigenvalue weighted by molar-refractivity contribution is 5.89. The average Bonchev–Trinajstić information content (AvgIpc) is 2.88. The van der Waals surface area contributed by atoms with Gasteiger partial charge in [0.15, 0.2) is 0 Å². The number of H-pyrrole nitrogens is 1. The molecule has 0 aliphatic carbocycles. The number of nitrogens with zero attached hydrogens (tertiary/aromatic N) is 4. The van der Waals surface area contributed by atoms with Crippen molar-refractivity contribution in [3.63, 3.8) is 0 Å². The Labute approximate surface area is 129 Å². The first-order valence-corrected chi connectivity index (χ1v) is 7.26. The van der Waals surface area contributed by atoms with Crippen LogP contribution in [0.1, 0.15) is 24.4 Å². The summed E-state index contributed by atoms with van der Waals surface area (Å²) in [5.41, 5.74) is 2.88. The van der Waals surface area contributed by atoms with Crippen molar-refractivity contribution in [3.8, 4) is 0 Å². The Balaban J connectivity index is 2.01. The average molecular weight is 296 g/mol. The molecule has 2 N–H and O–H groups in total. The lowest BCUT2D eigenvalue weighted by Gasteiger charge is -2.17. The molecule has 0 amide bonds. The largest absolute Gasteiger partial charge is 0.361 e. The number of pyridine rings is 1. The molecule has 3 aromatic heterocycles. The molecule has 0 aromatic carbocycles. The standard InChI is InChI=1S/C16H20N6/c1-10-9-12-14(18-10)20-16(22(3)4)21-15(12)19-11(2)13-7-5-6-8-17-13/h5-9,11H,1-4H3,(H2,18,19,20,21). The molecule has 0 radical (unpaired) electrons. The molecule has 6 nitrogen and oxygen atoms in total. The second-order valence-electron chi connectivity index (χ2n) is 5.60. The molecule has 0 bridgehead atoms. The number of hydrogen-bond acceptors (Lipinski definition) is 5. The van der Waals surface area contributed by atoms with Gasteiger partial charge in [-0.2, -0.15) is 9.97 Å². The van der Waals surface area contributed by atoms with Crippen LogP contribution in [0.5, 0.6) is 0 Å². The minimum atomic E-state index is 0.0597. The predicted molar refractivity (Wildman–Crippen MR) is 89.2 cm³/mol. The van der Waals surface area contributed by atoms with Crippen molar-refractivity contribution in [1.29, 1.82) is 0 Å². The van der Waals surface area contributed by atoms with Crippen LogP contribution in [0.25, 0.3) is 11.0 Å². The van der Waals surface area contributed by atoms with Crippen molar-refractivity contribution in [3.05, 3.63) is 41.9 Å². The van der Waals surface area contributed by atoms with Crippen LogP contribution in [0.4, 0.5) is 11.8 Å². The summed E-state index contributed by atoms with van der Waals surface area (Å²) in [5.74, 6) is 1.49. The van der Waals surface area contributed by atoms with Gasteiger partial charge in [-0.25, -0.2) is 0 Å². The smallest absolute Gasteiger partial charge is 0.228 e. The maximum atomic E-state index is 4.64. The summed E-state index contributed by atoms with van der Waals surface area (Å²) in [6, 6.07) is 8.03. The van der Waals surface area contributed by atoms with Crippen molar-refractivity contribution >= 4 is 22.8 Å². The number of rotatable bonds is 4. The van der Waals surface area contributed by atoms with Gasteiger partial charge in [0.05, 0.1) is 17.1 Å². The van der Waals surface area contributed by atoms with Crippen LogP contribution >= 0.6 is 0 Å². The van der Waals surface area contributed by atoms with Crippen molar-refractivity contribution in [2.24, 2.45) is 0 Å². The molecule has 114 valence electrons. The number of fused-ring (bicyclic) bond motifs is 1. The third-order valence-electron chi connectivity index (χ3n) is 3.49. The Bertz CT molecular complexity index is 778. The van der Waals surface area contributed by atoms with Gasteiger partial charge in [-0.3, -0.25) is 4.98 Å². The Hall–Kier alpha value is -2.63. The van der Waals surface area contributed by atoms with Crippen molar-refractivity contribution in [2.75, 3.05) is 24.3 Å². The fourth-order valence-electron chi connectivity index (χ4n) is 2.35. The van der Waals surface area contributed by atoms with Crippen LogP contribution in [-0.4, -0.2) is 34.0 Å². The van der Waals surface area contributed by atoms with E-state index in [0.717, 1.165) is 28.2 Å². The minimum Gasteiger partial charge on any atom is -0.361 e. The van der Waals surface area contributed by atoms with E-state index >= 15 is 0 Å². The number of hydrogen-bond donors (Lipinski definition) is 2. The number of nitrogens with one attached hydrogen (secondary N) is 2. The predicted octanol–water partition coefficient (Wildman–Crippen LogP) is 2.90. The second kappa shape index (κ2) is 5.63. The molecule has 22 heavy (non-hydrogen) atoms. The number of aromatic nitrogens is 4. The molecule has 0 saturated carbocycles. The lowest BCUT2D eigenvalue weighted by atomic mass is 10.2. The van der Waals surface area contributed by atoms with E-state index in [1.54, 1.807) is 6.20 Å². The van der Waals surface area contributed by atoms with E-state index in [-0.39, 0.29) is 6.04 Å². The highest BCUT2D eigenvalue weighted by Gasteiger charge is 2.14. The van der Waals surface area contributed by atoms with Crippen LogP contribution in [0.2, 0.25) is 0 Å². The zero-order valence-corrected chi connectivity index (χ0v) is 13.3. The van der Waals surface area contributed by atoms with E-state index in [1.165, 1.54) is 0 Å². The summed E-state index contributed by atoms with van der Waals surface area (Å²) >= 11 is 0. The SMILES string of the molecule is Cc1cc2c(NC(C)c3ccccn3)nc(N(C)C)nc2[nH]1. The molecule has 0 aliphatic rings. The van der Waals surface area contributed by atoms with Crippen molar-refractivity contribution in [1.82, 2.24) is 19.9 Å². The molecule has 0 saturated heterocycles. The molecule has 0 spiro atoms. The van der Waals surface area contributed by atoms with Crippen LogP contribution in [0, 0.1) is 6.92 Å². The van der Waals surface area contributed by atoms with Gasteiger partial charge in [0.2, 0.25) is 5.95 Å². The summed E-state index contributed by atoms with van der Waals surface area (Å²) < 4.78 is 0. The number of aryl methyl sites for hydroxylation is 1. The molecule has 0 fully saturated rings. The molecule has 6 heteroatoms. The molecule has 3 aromatic rings. The normalized spacial score (nSPS) is 12.4. The summed E-state index contributed by atoms with van der Waals surface area (Å²) in [6.07, 6.45) is 1.80. The zero-order valence-electron chi connectivity index (χ0n) is 13.3. The van der Waals surface area contributed by atoms with Gasteiger partial charge in [0, 0.05) is 26.0 Å². The number of anilines is 2. The summed E-state index contributed by atoms with van der Waals surface area (Å²) in [4.78, 5) is 18.7. The highest BCUT2D eigenvalue weighted by Crippen LogP contribution is 2.26. The van der Waals surface area contributed by atoms with Gasteiger partial charge in [-0.1, -0.05) is 6.07 Å². The first-order chi connectivity index (χ1) is 10.5. The fourth-order valence-corrected chi connectivity index (χ4v) is 2.35. The van der Waals surface area contributed by atoms with Gasteiger partial charge in [-0.15, -0.1) is 0 Å². The lowest BCUT2D eigenvalue weighted by molar-refractivity contribution is 0.831. The van der Waals surface area contributed by atoms with Gasteiger partial charge < -0.3 is 15.2 Å². The molecule has 3 rings (SSSR count). The highest BCUT2D eigenvalue weighted by atomic mass is 15.2. The quantitative estimate of drug-likeness (QED) is 0.774. The monoisotopic (exact) mass is 296 g/mol. The molecular weight excluding hydrogens is 276 g/mol. The van der Waals surface area contributed by atoms with Crippen molar-refractivity contribution < 1.29 is 0 Å². The summed E-state index contributed by atoms with van der Waals surface area (Å²) in [6.45, 7) is 4.09. The van der Waals surface area contributed by atoms with E-state index in [4.69, 9.17) is 0 Å². The Morgan fingerprint density at radius 2 is 2.05 bits per heavy atom. The Morgan fingerprint density at radius 1 is 1.23 bits per heavy atom. The summed E-state index contributed by atoms with van der Waals surface area (Å²) in [7, 11) is 3.87. The van der Waals surface area contributed by atoms with Gasteiger partial charge in [0.1, 0.15) is 11.5 Å². The van der Waals surface area contributed by atoms with Gasteiger partial charge in [-0.05, 0) is 32.0 Å². The van der Waals surface area contributed by atoms with Crippen LogP contribution in [0.15, 0.2) is 30.5 Å². The van der Waals surface area contributed by atoms with Crippen LogP contribution in [0.3, 0.4) is 0 Å². The van der Waals surface area contributed by atoms with Crippen molar-refractivity contribution in [2.45, 2.75) is 19.9 Å². The molecule has 0 aliphatic heterocycles. The van der Waals surface area contributed by atoms with E-state index in [0.29, 0.717) is 5.95 Å². The van der Waals surface area contributed by atoms with Gasteiger partial charge in [0.25, 0.3) is 0 Å². The van der Waals surface area contributed by atoms with Crippen LogP contribution < -0.4 is 10.2 Å². The molecule has 1 unspecified atom stereocenters. The minimum absolute atomic E-state index is 0.0597. The first kappa shape index (κ1) is 14.3. The topological polar surface area (TPSA) is 69.7 Å². The van der Waals surface area contributed by atoms with Crippen LogP contribution in [-0.2, 0) is 0 Å². The number of aromatic amines is 1. The maximum absolute atomic E-state index is 4.64. The van der Waals surface area contributed by atoms with E-state index < -0.39 is 0 Å². The molecular formula is C16H20N6. The Morgan fingerprint density at radius 3 is 2.73 bits per heavy atom. The second-order valence-corrected chi connectivity index (χ2v) is 5.60.